The van der Waals surface area contributed by atoms with E-state index in [4.69, 9.17) is 23.2 Å². The van der Waals surface area contributed by atoms with Crippen LogP contribution in [0.15, 0.2) is 54.6 Å². The summed E-state index contributed by atoms with van der Waals surface area (Å²) in [6, 6.07) is 15.2. The molecular weight excluding hydrogens is 445 g/mol. The molecule has 0 saturated carbocycles. The summed E-state index contributed by atoms with van der Waals surface area (Å²) in [6.45, 7) is 1.61. The molecule has 0 aliphatic heterocycles. The molecule has 0 bridgehead atoms. The summed E-state index contributed by atoms with van der Waals surface area (Å²) in [5, 5.41) is 15.2. The van der Waals surface area contributed by atoms with Crippen LogP contribution in [0, 0.1) is 17.0 Å². The van der Waals surface area contributed by atoms with Crippen molar-refractivity contribution in [3.63, 3.8) is 0 Å². The molecule has 3 aromatic carbocycles. The second-order valence-electron chi connectivity index (χ2n) is 6.51. The lowest BCUT2D eigenvalue weighted by Gasteiger charge is -2.11. The van der Waals surface area contributed by atoms with Gasteiger partial charge in [0.25, 0.3) is 11.6 Å². The first kappa shape index (κ1) is 20.3. The van der Waals surface area contributed by atoms with Gasteiger partial charge in [-0.3, -0.25) is 14.9 Å². The molecule has 9 heteroatoms. The Labute approximate surface area is 185 Å². The highest BCUT2D eigenvalue weighted by molar-refractivity contribution is 7.21. The fourth-order valence-electron chi connectivity index (χ4n) is 2.94. The fraction of sp³-hybridized carbons (Fsp3) is 0.0476. The number of anilines is 1. The molecule has 6 nitrogen and oxygen atoms in total. The lowest BCUT2D eigenvalue weighted by molar-refractivity contribution is -0.385. The predicted molar refractivity (Wildman–Crippen MR) is 121 cm³/mol. The molecule has 1 amide bonds. The minimum atomic E-state index is -0.521. The van der Waals surface area contributed by atoms with E-state index in [0.29, 0.717) is 26.8 Å². The molecule has 1 heterocycles. The number of amides is 1. The number of nitrogens with zero attached hydrogens (tertiary/aromatic N) is 2. The number of hydrogen-bond donors (Lipinski definition) is 1. The molecule has 0 atom stereocenters. The van der Waals surface area contributed by atoms with E-state index in [2.05, 4.69) is 10.3 Å². The van der Waals surface area contributed by atoms with E-state index in [-0.39, 0.29) is 16.3 Å². The van der Waals surface area contributed by atoms with E-state index in [1.165, 1.54) is 35.6 Å². The number of benzene rings is 3. The Kier molecular flexibility index (Phi) is 5.42. The third-order valence-electron chi connectivity index (χ3n) is 4.50. The van der Waals surface area contributed by atoms with Gasteiger partial charge < -0.3 is 5.32 Å². The van der Waals surface area contributed by atoms with Gasteiger partial charge in [0, 0.05) is 22.8 Å². The van der Waals surface area contributed by atoms with Crippen LogP contribution in [0.4, 0.5) is 11.4 Å². The normalized spacial score (nSPS) is 10.9. The van der Waals surface area contributed by atoms with E-state index in [9.17, 15) is 14.9 Å². The van der Waals surface area contributed by atoms with Crippen LogP contribution in [-0.2, 0) is 0 Å². The number of rotatable bonds is 4. The summed E-state index contributed by atoms with van der Waals surface area (Å²) < 4.78 is 1.01. The van der Waals surface area contributed by atoms with Gasteiger partial charge in [-0.15, -0.1) is 11.3 Å². The highest BCUT2D eigenvalue weighted by atomic mass is 35.5. The Balaban J connectivity index is 1.70. The Morgan fingerprint density at radius 3 is 2.60 bits per heavy atom. The molecule has 0 aliphatic rings. The molecule has 0 unspecified atom stereocenters. The standard InChI is InChI=1S/C21H13Cl2N3O3S/c1-11-6-7-12(8-18(11)26(28)29)20(27)24-17-9-13(14(22)10-15(17)23)21-25-16-4-2-3-5-19(16)30-21/h2-10H,1H3,(H,24,27). The van der Waals surface area contributed by atoms with Crippen LogP contribution in [0.5, 0.6) is 0 Å². The first-order valence-corrected chi connectivity index (χ1v) is 10.3. The zero-order valence-electron chi connectivity index (χ0n) is 15.5. The number of nitro groups is 1. The van der Waals surface area contributed by atoms with Gasteiger partial charge in [-0.05, 0) is 37.3 Å². The summed E-state index contributed by atoms with van der Waals surface area (Å²) in [6.07, 6.45) is 0. The second-order valence-corrected chi connectivity index (χ2v) is 8.36. The van der Waals surface area contributed by atoms with Crippen molar-refractivity contribution in [2.75, 3.05) is 5.32 Å². The monoisotopic (exact) mass is 457 g/mol. The molecular formula is C21H13Cl2N3O3S. The van der Waals surface area contributed by atoms with Gasteiger partial charge in [0.2, 0.25) is 0 Å². The van der Waals surface area contributed by atoms with Gasteiger partial charge in [-0.25, -0.2) is 4.98 Å². The number of fused-ring (bicyclic) bond motifs is 1. The maximum atomic E-state index is 12.7. The van der Waals surface area contributed by atoms with Crippen LogP contribution in [0.2, 0.25) is 10.0 Å². The zero-order valence-corrected chi connectivity index (χ0v) is 17.8. The van der Waals surface area contributed by atoms with Gasteiger partial charge in [-0.1, -0.05) is 41.4 Å². The van der Waals surface area contributed by atoms with Crippen molar-refractivity contribution < 1.29 is 9.72 Å². The molecule has 1 N–H and O–H groups in total. The smallest absolute Gasteiger partial charge is 0.273 e. The minimum Gasteiger partial charge on any atom is -0.321 e. The first-order valence-electron chi connectivity index (χ1n) is 8.75. The number of carbonyl (C=O) groups excluding carboxylic acids is 1. The lowest BCUT2D eigenvalue weighted by atomic mass is 10.1. The van der Waals surface area contributed by atoms with Crippen LogP contribution in [0.1, 0.15) is 15.9 Å². The van der Waals surface area contributed by atoms with Gasteiger partial charge in [0.05, 0.1) is 30.9 Å². The van der Waals surface area contributed by atoms with Crippen LogP contribution in [0.25, 0.3) is 20.8 Å². The number of nitrogens with one attached hydrogen (secondary N) is 1. The average Bonchev–Trinajstić information content (AvgIpc) is 3.13. The number of carbonyl (C=O) groups is 1. The number of hydrogen-bond acceptors (Lipinski definition) is 5. The number of thiazole rings is 1. The molecule has 30 heavy (non-hydrogen) atoms. The molecule has 0 spiro atoms. The Morgan fingerprint density at radius 2 is 1.87 bits per heavy atom. The first-order chi connectivity index (χ1) is 14.3. The zero-order chi connectivity index (χ0) is 21.4. The van der Waals surface area contributed by atoms with E-state index >= 15 is 0 Å². The fourth-order valence-corrected chi connectivity index (χ4v) is 4.51. The quantitative estimate of drug-likeness (QED) is 0.271. The van der Waals surface area contributed by atoms with Crippen molar-refractivity contribution in [2.24, 2.45) is 0 Å². The molecule has 4 rings (SSSR count). The van der Waals surface area contributed by atoms with Gasteiger partial charge in [0.15, 0.2) is 0 Å². The summed E-state index contributed by atoms with van der Waals surface area (Å²) in [5.41, 5.74) is 2.32. The molecule has 1 aromatic heterocycles. The second kappa shape index (κ2) is 8.02. The molecule has 0 radical (unpaired) electrons. The third kappa shape index (κ3) is 3.87. The van der Waals surface area contributed by atoms with Crippen LogP contribution >= 0.6 is 34.5 Å². The highest BCUT2D eigenvalue weighted by Gasteiger charge is 2.18. The predicted octanol–water partition coefficient (Wildman–Crippen LogP) is 6.74. The lowest BCUT2D eigenvalue weighted by Crippen LogP contribution is -2.13. The van der Waals surface area contributed by atoms with Crippen molar-refractivity contribution >= 4 is 62.0 Å². The third-order valence-corrected chi connectivity index (χ3v) is 6.19. The van der Waals surface area contributed by atoms with Crippen LogP contribution in [-0.4, -0.2) is 15.8 Å². The SMILES string of the molecule is Cc1ccc(C(=O)Nc2cc(-c3nc4ccccc4s3)c(Cl)cc2Cl)cc1[N+](=O)[O-]. The van der Waals surface area contributed by atoms with Crippen LogP contribution < -0.4 is 5.32 Å². The van der Waals surface area contributed by atoms with Gasteiger partial charge >= 0.3 is 0 Å². The summed E-state index contributed by atoms with van der Waals surface area (Å²) in [4.78, 5) is 27.9. The maximum Gasteiger partial charge on any atom is 0.273 e. The maximum absolute atomic E-state index is 12.7. The molecule has 0 fully saturated rings. The Hall–Kier alpha value is -3.00. The van der Waals surface area contributed by atoms with Crippen LogP contribution in [0.3, 0.4) is 0 Å². The summed E-state index contributed by atoms with van der Waals surface area (Å²) >= 11 is 14.1. The molecule has 0 saturated heterocycles. The topological polar surface area (TPSA) is 85.1 Å². The van der Waals surface area contributed by atoms with Crippen molar-refractivity contribution in [1.29, 1.82) is 0 Å². The van der Waals surface area contributed by atoms with E-state index in [1.54, 1.807) is 13.0 Å². The molecule has 0 aliphatic carbocycles. The Morgan fingerprint density at radius 1 is 1.10 bits per heavy atom. The number of aryl methyl sites for hydroxylation is 1. The Bertz CT molecular complexity index is 1290. The van der Waals surface area contributed by atoms with E-state index in [1.807, 2.05) is 24.3 Å². The van der Waals surface area contributed by atoms with Crippen molar-refractivity contribution in [1.82, 2.24) is 4.98 Å². The minimum absolute atomic E-state index is 0.125. The summed E-state index contributed by atoms with van der Waals surface area (Å²) in [7, 11) is 0. The van der Waals surface area contributed by atoms with Crippen molar-refractivity contribution in [3.8, 4) is 10.6 Å². The van der Waals surface area contributed by atoms with Crippen molar-refractivity contribution in [3.05, 3.63) is 85.9 Å². The molecule has 4 aromatic rings. The van der Waals surface area contributed by atoms with Gasteiger partial charge in [-0.2, -0.15) is 0 Å². The number of halogens is 2. The average molecular weight is 458 g/mol. The number of nitro benzene ring substituents is 1. The summed E-state index contributed by atoms with van der Waals surface area (Å²) in [5.74, 6) is -0.516. The number of aromatic nitrogens is 1. The largest absolute Gasteiger partial charge is 0.321 e. The molecule has 150 valence electrons. The van der Waals surface area contributed by atoms with Gasteiger partial charge in [0.1, 0.15) is 5.01 Å². The van der Waals surface area contributed by atoms with E-state index in [0.717, 1.165) is 10.2 Å². The highest BCUT2D eigenvalue weighted by Crippen LogP contribution is 2.39. The van der Waals surface area contributed by atoms with Crippen molar-refractivity contribution in [2.45, 2.75) is 6.92 Å². The number of para-hydroxylation sites is 1. The van der Waals surface area contributed by atoms with E-state index < -0.39 is 10.8 Å².